The van der Waals surface area contributed by atoms with Gasteiger partial charge in [0, 0.05) is 5.69 Å². The summed E-state index contributed by atoms with van der Waals surface area (Å²) >= 11 is 3.32. The van der Waals surface area contributed by atoms with E-state index in [4.69, 9.17) is 4.74 Å². The molecule has 0 saturated carbocycles. The fraction of sp³-hybridized carbons (Fsp3) is 0.222. The lowest BCUT2D eigenvalue weighted by molar-refractivity contribution is -0.118. The molecule has 24 heavy (non-hydrogen) atoms. The number of esters is 1. The summed E-state index contributed by atoms with van der Waals surface area (Å²) in [5.41, 5.74) is 3.29. The number of carbonyl (C=O) groups is 2. The summed E-state index contributed by atoms with van der Waals surface area (Å²) in [6.07, 6.45) is 0. The van der Waals surface area contributed by atoms with E-state index in [1.54, 1.807) is 18.2 Å². The summed E-state index contributed by atoms with van der Waals surface area (Å²) in [4.78, 5) is 23.5. The molecule has 0 bridgehead atoms. The van der Waals surface area contributed by atoms with Crippen molar-refractivity contribution in [2.24, 2.45) is 0 Å². The van der Waals surface area contributed by atoms with Crippen molar-refractivity contribution in [3.63, 3.8) is 0 Å². The van der Waals surface area contributed by atoms with E-state index in [0.717, 1.165) is 16.8 Å². The van der Waals surface area contributed by atoms with Crippen molar-refractivity contribution in [1.82, 2.24) is 0 Å². The molecule has 1 N–H and O–H groups in total. The van der Waals surface area contributed by atoms with Crippen LogP contribution in [0.5, 0.6) is 5.75 Å². The van der Waals surface area contributed by atoms with Crippen LogP contribution in [-0.2, 0) is 9.53 Å². The summed E-state index contributed by atoms with van der Waals surface area (Å²) < 4.78 is 10.7. The highest BCUT2D eigenvalue weighted by Gasteiger charge is 2.11. The van der Waals surface area contributed by atoms with Crippen LogP contribution in [0, 0.1) is 13.8 Å². The number of rotatable bonds is 5. The first kappa shape index (κ1) is 18.0. The molecule has 6 heteroatoms. The van der Waals surface area contributed by atoms with Gasteiger partial charge >= 0.3 is 5.97 Å². The lowest BCUT2D eigenvalue weighted by atomic mass is 10.1. The number of amides is 1. The molecule has 0 atom stereocenters. The summed E-state index contributed by atoms with van der Waals surface area (Å²) in [7, 11) is 1.32. The third-order valence-corrected chi connectivity index (χ3v) is 3.99. The van der Waals surface area contributed by atoms with Gasteiger partial charge in [-0.3, -0.25) is 4.79 Å². The van der Waals surface area contributed by atoms with Crippen molar-refractivity contribution in [3.05, 3.63) is 57.6 Å². The van der Waals surface area contributed by atoms with E-state index in [9.17, 15) is 9.59 Å². The van der Waals surface area contributed by atoms with E-state index in [0.29, 0.717) is 15.8 Å². The van der Waals surface area contributed by atoms with Crippen LogP contribution in [-0.4, -0.2) is 25.6 Å². The monoisotopic (exact) mass is 391 g/mol. The Hall–Kier alpha value is -2.34. The van der Waals surface area contributed by atoms with E-state index >= 15 is 0 Å². The summed E-state index contributed by atoms with van der Waals surface area (Å²) in [5.74, 6) is -0.223. The molecule has 0 aliphatic carbocycles. The second-order valence-corrected chi connectivity index (χ2v) is 6.15. The van der Waals surface area contributed by atoms with E-state index < -0.39 is 5.97 Å². The topological polar surface area (TPSA) is 64.6 Å². The van der Waals surface area contributed by atoms with Crippen molar-refractivity contribution >= 4 is 33.5 Å². The van der Waals surface area contributed by atoms with Gasteiger partial charge in [0.15, 0.2) is 6.61 Å². The number of carbonyl (C=O) groups excluding carboxylic acids is 2. The normalized spacial score (nSPS) is 10.2. The zero-order chi connectivity index (χ0) is 17.7. The van der Waals surface area contributed by atoms with Gasteiger partial charge in [-0.15, -0.1) is 0 Å². The number of benzene rings is 2. The molecular weight excluding hydrogens is 374 g/mol. The van der Waals surface area contributed by atoms with Crippen molar-refractivity contribution in [2.75, 3.05) is 19.0 Å². The molecule has 126 valence electrons. The molecule has 2 aromatic rings. The first-order valence-corrected chi connectivity index (χ1v) is 8.08. The minimum absolute atomic E-state index is 0.135. The van der Waals surface area contributed by atoms with Gasteiger partial charge in [-0.05, 0) is 59.6 Å². The Balaban J connectivity index is 1.97. The fourth-order valence-corrected chi connectivity index (χ4v) is 2.64. The Bertz CT molecular complexity index is 774. The van der Waals surface area contributed by atoms with Gasteiger partial charge < -0.3 is 14.8 Å². The SMILES string of the molecule is COC(=O)c1ccc(OCC(=O)Nc2ccc(C)cc2C)c(Br)c1. The van der Waals surface area contributed by atoms with E-state index in [-0.39, 0.29) is 12.5 Å². The maximum Gasteiger partial charge on any atom is 0.337 e. The quantitative estimate of drug-likeness (QED) is 0.785. The van der Waals surface area contributed by atoms with Crippen LogP contribution in [0.2, 0.25) is 0 Å². The highest BCUT2D eigenvalue weighted by atomic mass is 79.9. The van der Waals surface area contributed by atoms with Gasteiger partial charge in [0.05, 0.1) is 17.1 Å². The maximum atomic E-state index is 12.0. The molecule has 1 amide bonds. The van der Waals surface area contributed by atoms with E-state index in [2.05, 4.69) is 26.0 Å². The number of nitrogens with one attached hydrogen (secondary N) is 1. The number of ether oxygens (including phenoxy) is 2. The van der Waals surface area contributed by atoms with Gasteiger partial charge in [-0.1, -0.05) is 17.7 Å². The molecule has 0 aliphatic rings. The number of hydrogen-bond donors (Lipinski definition) is 1. The van der Waals surface area contributed by atoms with Crippen LogP contribution >= 0.6 is 15.9 Å². The number of halogens is 1. The van der Waals surface area contributed by atoms with Crippen LogP contribution in [0.3, 0.4) is 0 Å². The molecule has 0 spiro atoms. The number of hydrogen-bond acceptors (Lipinski definition) is 4. The molecular formula is C18H18BrNO4. The molecule has 0 aliphatic heterocycles. The molecule has 0 unspecified atom stereocenters. The second kappa shape index (κ2) is 7.97. The first-order valence-electron chi connectivity index (χ1n) is 7.28. The Morgan fingerprint density at radius 2 is 1.88 bits per heavy atom. The summed E-state index contributed by atoms with van der Waals surface area (Å²) in [6, 6.07) is 10.6. The van der Waals surface area contributed by atoms with Crippen LogP contribution in [0.1, 0.15) is 21.5 Å². The predicted octanol–water partition coefficient (Wildman–Crippen LogP) is 3.87. The Kier molecular flexibility index (Phi) is 5.98. The van der Waals surface area contributed by atoms with Crippen molar-refractivity contribution in [2.45, 2.75) is 13.8 Å². The number of anilines is 1. The fourth-order valence-electron chi connectivity index (χ4n) is 2.15. The molecule has 0 saturated heterocycles. The van der Waals surface area contributed by atoms with Gasteiger partial charge in [0.25, 0.3) is 5.91 Å². The van der Waals surface area contributed by atoms with Crippen molar-refractivity contribution < 1.29 is 19.1 Å². The highest BCUT2D eigenvalue weighted by molar-refractivity contribution is 9.10. The molecule has 0 heterocycles. The largest absolute Gasteiger partial charge is 0.483 e. The summed E-state index contributed by atoms with van der Waals surface area (Å²) in [5, 5.41) is 2.81. The van der Waals surface area contributed by atoms with Gasteiger partial charge in [-0.2, -0.15) is 0 Å². The van der Waals surface area contributed by atoms with Crippen LogP contribution in [0.4, 0.5) is 5.69 Å². The number of aryl methyl sites for hydroxylation is 2. The Morgan fingerprint density at radius 3 is 2.50 bits per heavy atom. The highest BCUT2D eigenvalue weighted by Crippen LogP contribution is 2.26. The average Bonchev–Trinajstić information content (AvgIpc) is 2.55. The zero-order valence-corrected chi connectivity index (χ0v) is 15.3. The Morgan fingerprint density at radius 1 is 1.12 bits per heavy atom. The molecule has 5 nitrogen and oxygen atoms in total. The molecule has 0 radical (unpaired) electrons. The molecule has 0 aromatic heterocycles. The molecule has 2 rings (SSSR count). The molecule has 2 aromatic carbocycles. The van der Waals surface area contributed by atoms with Gasteiger partial charge in [0.2, 0.25) is 0 Å². The second-order valence-electron chi connectivity index (χ2n) is 5.29. The van der Waals surface area contributed by atoms with Crippen molar-refractivity contribution in [1.29, 1.82) is 0 Å². The van der Waals surface area contributed by atoms with Gasteiger partial charge in [0.1, 0.15) is 5.75 Å². The minimum atomic E-state index is -0.435. The third-order valence-electron chi connectivity index (χ3n) is 3.37. The lowest BCUT2D eigenvalue weighted by Gasteiger charge is -2.11. The minimum Gasteiger partial charge on any atom is -0.483 e. The lowest BCUT2D eigenvalue weighted by Crippen LogP contribution is -2.20. The van der Waals surface area contributed by atoms with E-state index in [1.165, 1.54) is 7.11 Å². The zero-order valence-electron chi connectivity index (χ0n) is 13.7. The number of methoxy groups -OCH3 is 1. The first-order chi connectivity index (χ1) is 11.4. The van der Waals surface area contributed by atoms with E-state index in [1.807, 2.05) is 32.0 Å². The predicted molar refractivity (Wildman–Crippen MR) is 95.5 cm³/mol. The van der Waals surface area contributed by atoms with Crippen LogP contribution in [0.25, 0.3) is 0 Å². The van der Waals surface area contributed by atoms with Gasteiger partial charge in [-0.25, -0.2) is 4.79 Å². The Labute approximate surface area is 149 Å². The van der Waals surface area contributed by atoms with Crippen LogP contribution < -0.4 is 10.1 Å². The average molecular weight is 392 g/mol. The third kappa shape index (κ3) is 4.58. The van der Waals surface area contributed by atoms with Crippen molar-refractivity contribution in [3.8, 4) is 5.75 Å². The standard InChI is InChI=1S/C18H18BrNO4/c1-11-4-6-15(12(2)8-11)20-17(21)10-24-16-7-5-13(9-14(16)19)18(22)23-3/h4-9H,10H2,1-3H3,(H,20,21). The molecule has 0 fully saturated rings. The summed E-state index contributed by atoms with van der Waals surface area (Å²) in [6.45, 7) is 3.80. The smallest absolute Gasteiger partial charge is 0.337 e. The maximum absolute atomic E-state index is 12.0. The van der Waals surface area contributed by atoms with Crippen LogP contribution in [0.15, 0.2) is 40.9 Å².